The Morgan fingerprint density at radius 3 is 2.05 bits per heavy atom. The molecule has 5 heteroatoms. The molecular formula is C51H48F2N2O. The number of nitrogens with zero attached hydrogens (tertiary/aromatic N) is 2. The fourth-order valence-electron chi connectivity index (χ4n) is 8.66. The zero-order valence-corrected chi connectivity index (χ0v) is 33.0. The van der Waals surface area contributed by atoms with E-state index >= 15 is 0 Å². The van der Waals surface area contributed by atoms with E-state index < -0.39 is 17.5 Å². The molecule has 0 spiro atoms. The fraction of sp³-hybridized carbons (Fsp3) is 0.275. The number of furan rings is 1. The summed E-state index contributed by atoms with van der Waals surface area (Å²) in [6.45, 7) is 13.7. The van der Waals surface area contributed by atoms with E-state index in [2.05, 4.69) is 113 Å². The highest BCUT2D eigenvalue weighted by molar-refractivity contribution is 6.10. The van der Waals surface area contributed by atoms with Gasteiger partial charge in [-0.3, -0.25) is 4.57 Å². The molecule has 1 aliphatic rings. The van der Waals surface area contributed by atoms with Gasteiger partial charge in [-0.2, -0.15) is 0 Å². The van der Waals surface area contributed by atoms with E-state index in [-0.39, 0.29) is 11.8 Å². The van der Waals surface area contributed by atoms with Crippen LogP contribution in [-0.4, -0.2) is 9.55 Å². The summed E-state index contributed by atoms with van der Waals surface area (Å²) in [4.78, 5) is 5.32. The summed E-state index contributed by atoms with van der Waals surface area (Å²) < 4.78 is 46.4. The number of rotatable bonds is 7. The van der Waals surface area contributed by atoms with E-state index in [0.717, 1.165) is 87.3 Å². The molecule has 0 amide bonds. The summed E-state index contributed by atoms with van der Waals surface area (Å²) in [7, 11) is 0. The Morgan fingerprint density at radius 1 is 0.696 bits per heavy atom. The summed E-state index contributed by atoms with van der Waals surface area (Å²) in [6.07, 6.45) is 3.94. The van der Waals surface area contributed by atoms with Crippen molar-refractivity contribution in [2.75, 3.05) is 0 Å². The van der Waals surface area contributed by atoms with E-state index in [1.165, 1.54) is 22.8 Å². The molecule has 1 fully saturated rings. The van der Waals surface area contributed by atoms with Crippen LogP contribution in [0.1, 0.15) is 103 Å². The monoisotopic (exact) mass is 743 g/mol. The molecule has 0 unspecified atom stereocenters. The Morgan fingerprint density at radius 2 is 1.36 bits per heavy atom. The van der Waals surface area contributed by atoms with Crippen molar-refractivity contribution in [1.82, 2.24) is 9.55 Å². The van der Waals surface area contributed by atoms with Crippen LogP contribution in [0.4, 0.5) is 8.78 Å². The van der Waals surface area contributed by atoms with Crippen molar-refractivity contribution in [1.29, 1.82) is 0 Å². The van der Waals surface area contributed by atoms with E-state index in [1.807, 2.05) is 30.3 Å². The Labute approximate surface area is 329 Å². The molecule has 3 nitrogen and oxygen atoms in total. The lowest BCUT2D eigenvalue weighted by Crippen LogP contribution is -2.20. The van der Waals surface area contributed by atoms with E-state index in [4.69, 9.17) is 9.40 Å². The highest BCUT2D eigenvalue weighted by Gasteiger charge is 2.28. The van der Waals surface area contributed by atoms with Crippen LogP contribution in [0.3, 0.4) is 0 Å². The van der Waals surface area contributed by atoms with Crippen molar-refractivity contribution >= 4 is 33.0 Å². The van der Waals surface area contributed by atoms with Gasteiger partial charge in [0.1, 0.15) is 17.0 Å². The maximum atomic E-state index is 14.2. The van der Waals surface area contributed by atoms with Crippen LogP contribution >= 0.6 is 0 Å². The summed E-state index contributed by atoms with van der Waals surface area (Å²) in [5.41, 5.74) is 12.8. The topological polar surface area (TPSA) is 31.0 Å². The number of para-hydroxylation sites is 3. The molecule has 0 atom stereocenters. The van der Waals surface area contributed by atoms with E-state index in [9.17, 15) is 10.2 Å². The molecule has 0 aliphatic heterocycles. The van der Waals surface area contributed by atoms with Gasteiger partial charge in [0, 0.05) is 12.1 Å². The van der Waals surface area contributed by atoms with Gasteiger partial charge >= 0.3 is 0 Å². The minimum Gasteiger partial charge on any atom is -0.455 e. The van der Waals surface area contributed by atoms with Gasteiger partial charge in [-0.1, -0.05) is 102 Å². The third-order valence-electron chi connectivity index (χ3n) is 12.0. The number of hydrogen-bond donors (Lipinski definition) is 0. The summed E-state index contributed by atoms with van der Waals surface area (Å²) in [6, 6.07) is 37.8. The second-order valence-corrected chi connectivity index (χ2v) is 17.0. The predicted octanol–water partition coefficient (Wildman–Crippen LogP) is 15.1. The molecule has 2 heterocycles. The zero-order chi connectivity index (χ0) is 39.8. The smallest absolute Gasteiger partial charge is 0.159 e. The average molecular weight is 744 g/mol. The Hall–Kier alpha value is -5.55. The molecule has 0 bridgehead atoms. The molecule has 0 N–H and O–H groups in total. The minimum atomic E-state index is -0.883. The maximum Gasteiger partial charge on any atom is 0.159 e. The first kappa shape index (κ1) is 34.9. The molecular weight excluding hydrogens is 695 g/mol. The minimum absolute atomic E-state index is 0.199. The molecule has 6 aromatic carbocycles. The van der Waals surface area contributed by atoms with Gasteiger partial charge in [0.05, 0.1) is 22.3 Å². The van der Waals surface area contributed by atoms with Gasteiger partial charge in [0.2, 0.25) is 0 Å². The molecule has 9 rings (SSSR count). The highest BCUT2D eigenvalue weighted by atomic mass is 19.2. The van der Waals surface area contributed by atoms with Crippen LogP contribution < -0.4 is 0 Å². The summed E-state index contributed by atoms with van der Waals surface area (Å²) >= 11 is 0. The molecule has 56 heavy (non-hydrogen) atoms. The number of aromatic nitrogens is 2. The quantitative estimate of drug-likeness (QED) is 0.163. The van der Waals surface area contributed by atoms with Gasteiger partial charge in [-0.05, 0) is 142 Å². The Bertz CT molecular complexity index is 2790. The van der Waals surface area contributed by atoms with Crippen molar-refractivity contribution in [3.8, 4) is 39.3 Å². The first-order chi connectivity index (χ1) is 27.3. The fourth-order valence-corrected chi connectivity index (χ4v) is 8.66. The van der Waals surface area contributed by atoms with Gasteiger partial charge in [0.25, 0.3) is 0 Å². The van der Waals surface area contributed by atoms with E-state index in [1.54, 1.807) is 6.07 Å². The van der Waals surface area contributed by atoms with Crippen molar-refractivity contribution in [2.24, 2.45) is 5.41 Å². The average Bonchev–Trinajstić information content (AvgIpc) is 3.78. The third kappa shape index (κ3) is 6.31. The van der Waals surface area contributed by atoms with Crippen LogP contribution in [0.15, 0.2) is 120 Å². The van der Waals surface area contributed by atoms with Gasteiger partial charge < -0.3 is 4.42 Å². The second-order valence-electron chi connectivity index (χ2n) is 17.0. The number of fused-ring (bicyclic) bond motifs is 4. The first-order valence-corrected chi connectivity index (χ1v) is 20.0. The van der Waals surface area contributed by atoms with Gasteiger partial charge in [-0.25, -0.2) is 13.8 Å². The first-order valence-electron chi connectivity index (χ1n) is 20.5. The SMILES string of the molecule is [2H]C1(c2ccc(-c3cc(C(C)C)c(-n4c(-c5cccc6c5oc5cc(-c7ccc(F)c(F)c7)ccc56)nc5ccccc54)c(C(C)C)c3)cc2)CCC(C)(C)CC1. The molecule has 2 aromatic heterocycles. The Balaban J connectivity index is 1.20. The number of benzene rings is 6. The third-order valence-corrected chi connectivity index (χ3v) is 12.0. The number of imidazole rings is 1. The number of halogens is 2. The zero-order valence-electron chi connectivity index (χ0n) is 34.0. The normalized spacial score (nSPS) is 15.7. The maximum absolute atomic E-state index is 14.2. The molecule has 1 saturated carbocycles. The van der Waals surface area contributed by atoms with Crippen LogP contribution in [0.25, 0.3) is 72.3 Å². The predicted molar refractivity (Wildman–Crippen MR) is 228 cm³/mol. The van der Waals surface area contributed by atoms with Gasteiger partial charge in [0.15, 0.2) is 11.6 Å². The standard InChI is InChI=1S/C51H48F2N2O/c1-30(2)41-26-37(33-16-14-32(15-17-33)34-22-24-51(5,6)25-23-34)27-42(31(3)4)48(41)55-46-13-8-7-12-45(46)54-50(55)40-11-9-10-39-38-20-18-36(29-47(38)56-49(39)40)35-19-21-43(52)44(53)28-35/h7-21,26-31,34H,22-25H2,1-6H3/i34D. The molecule has 0 radical (unpaired) electrons. The summed E-state index contributed by atoms with van der Waals surface area (Å²) in [5.74, 6) is -1.10. The van der Waals surface area contributed by atoms with Gasteiger partial charge in [-0.15, -0.1) is 0 Å². The van der Waals surface area contributed by atoms with Crippen molar-refractivity contribution in [2.45, 2.75) is 85.0 Å². The number of hydrogen-bond acceptors (Lipinski definition) is 2. The largest absolute Gasteiger partial charge is 0.455 e. The lowest BCUT2D eigenvalue weighted by Gasteiger charge is -2.34. The highest BCUT2D eigenvalue weighted by Crippen LogP contribution is 2.45. The molecule has 282 valence electrons. The van der Waals surface area contributed by atoms with Crippen LogP contribution in [0, 0.1) is 17.0 Å². The van der Waals surface area contributed by atoms with Crippen LogP contribution in [0.2, 0.25) is 0 Å². The lowest BCUT2D eigenvalue weighted by molar-refractivity contribution is 0.224. The van der Waals surface area contributed by atoms with Crippen molar-refractivity contribution in [3.05, 3.63) is 144 Å². The molecule has 1 aliphatic carbocycles. The van der Waals surface area contributed by atoms with Crippen LogP contribution in [-0.2, 0) is 0 Å². The van der Waals surface area contributed by atoms with Crippen molar-refractivity contribution in [3.63, 3.8) is 0 Å². The van der Waals surface area contributed by atoms with Crippen molar-refractivity contribution < 1.29 is 14.6 Å². The lowest BCUT2D eigenvalue weighted by atomic mass is 9.71. The summed E-state index contributed by atoms with van der Waals surface area (Å²) in [5, 5.41) is 1.89. The Kier molecular flexibility index (Phi) is 8.65. The second kappa shape index (κ2) is 13.9. The molecule has 0 saturated heterocycles. The molecule has 8 aromatic rings. The van der Waals surface area contributed by atoms with E-state index in [0.29, 0.717) is 22.1 Å². The van der Waals surface area contributed by atoms with Crippen LogP contribution in [0.5, 0.6) is 0 Å².